The van der Waals surface area contributed by atoms with E-state index in [1.807, 2.05) is 13.8 Å². The normalized spacial score (nSPS) is 15.3. The van der Waals surface area contributed by atoms with Crippen LogP contribution in [0.1, 0.15) is 56.3 Å². The summed E-state index contributed by atoms with van der Waals surface area (Å²) < 4.78 is 38.9. The maximum Gasteiger partial charge on any atom is 0.251 e. The van der Waals surface area contributed by atoms with E-state index in [-0.39, 0.29) is 34.3 Å². The molecule has 1 fully saturated rings. The number of ether oxygens (including phenoxy) is 2. The standard InChI is InChI=1S/C19H30N2O5S/c1-14(2)26-12-6-11-20-19(22)15-9-10-17(25-3)18(13-15)27(23,24)21-16-7-4-5-8-16/h9-10,13-14,16,21H,4-8,11-12H2,1-3H3,(H,20,22). The molecule has 0 atom stereocenters. The van der Waals surface area contributed by atoms with E-state index in [0.29, 0.717) is 19.6 Å². The molecule has 0 bridgehead atoms. The maximum absolute atomic E-state index is 12.8. The molecule has 0 radical (unpaired) electrons. The topological polar surface area (TPSA) is 93.7 Å². The molecule has 1 aliphatic carbocycles. The first-order chi connectivity index (χ1) is 12.8. The van der Waals surface area contributed by atoms with E-state index < -0.39 is 10.0 Å². The lowest BCUT2D eigenvalue weighted by Crippen LogP contribution is -2.33. The van der Waals surface area contributed by atoms with Gasteiger partial charge >= 0.3 is 0 Å². The van der Waals surface area contributed by atoms with Crippen LogP contribution in [0.5, 0.6) is 5.75 Å². The van der Waals surface area contributed by atoms with E-state index in [1.165, 1.54) is 19.2 Å². The first-order valence-electron chi connectivity index (χ1n) is 9.43. The Bertz CT molecular complexity index is 728. The molecule has 0 spiro atoms. The fourth-order valence-electron chi connectivity index (χ4n) is 3.05. The third-order valence-electron chi connectivity index (χ3n) is 4.45. The molecule has 0 aromatic heterocycles. The average molecular weight is 399 g/mol. The van der Waals surface area contributed by atoms with Gasteiger partial charge < -0.3 is 14.8 Å². The number of carbonyl (C=O) groups is 1. The molecule has 1 aromatic carbocycles. The van der Waals surface area contributed by atoms with Gasteiger partial charge in [0.15, 0.2) is 0 Å². The third-order valence-corrected chi connectivity index (χ3v) is 5.99. The van der Waals surface area contributed by atoms with Gasteiger partial charge in [-0.2, -0.15) is 0 Å². The van der Waals surface area contributed by atoms with E-state index >= 15 is 0 Å². The van der Waals surface area contributed by atoms with E-state index in [4.69, 9.17) is 9.47 Å². The van der Waals surface area contributed by atoms with Gasteiger partial charge in [0.25, 0.3) is 5.91 Å². The fraction of sp³-hybridized carbons (Fsp3) is 0.632. The second-order valence-electron chi connectivity index (χ2n) is 7.00. The number of nitrogens with one attached hydrogen (secondary N) is 2. The van der Waals surface area contributed by atoms with Crippen LogP contribution in [0.25, 0.3) is 0 Å². The Labute approximate surface area is 161 Å². The summed E-state index contributed by atoms with van der Waals surface area (Å²) in [5, 5.41) is 2.79. The van der Waals surface area contributed by atoms with E-state index in [2.05, 4.69) is 10.0 Å². The Morgan fingerprint density at radius 3 is 2.59 bits per heavy atom. The van der Waals surface area contributed by atoms with Crippen LogP contribution in [0.15, 0.2) is 23.1 Å². The summed E-state index contributed by atoms with van der Waals surface area (Å²) in [5.74, 6) is -0.0955. The van der Waals surface area contributed by atoms with Crippen LogP contribution in [0.2, 0.25) is 0 Å². The number of benzene rings is 1. The molecular formula is C19H30N2O5S. The number of hydrogen-bond acceptors (Lipinski definition) is 5. The molecule has 7 nitrogen and oxygen atoms in total. The molecule has 2 N–H and O–H groups in total. The van der Waals surface area contributed by atoms with E-state index in [1.54, 1.807) is 6.07 Å². The molecule has 0 saturated heterocycles. The lowest BCUT2D eigenvalue weighted by atomic mass is 10.2. The number of hydrogen-bond donors (Lipinski definition) is 2. The first kappa shape index (κ1) is 21.7. The van der Waals surface area contributed by atoms with Crippen molar-refractivity contribution in [2.45, 2.75) is 63.0 Å². The minimum absolute atomic E-state index is 0.00677. The summed E-state index contributed by atoms with van der Waals surface area (Å²) >= 11 is 0. The van der Waals surface area contributed by atoms with Crippen LogP contribution in [0.3, 0.4) is 0 Å². The highest BCUT2D eigenvalue weighted by Crippen LogP contribution is 2.27. The number of amides is 1. The van der Waals surface area contributed by atoms with Gasteiger partial charge in [0.05, 0.1) is 13.2 Å². The van der Waals surface area contributed by atoms with Crippen LogP contribution in [-0.2, 0) is 14.8 Å². The number of sulfonamides is 1. The van der Waals surface area contributed by atoms with Crippen molar-refractivity contribution in [2.24, 2.45) is 0 Å². The van der Waals surface area contributed by atoms with E-state index in [9.17, 15) is 13.2 Å². The Morgan fingerprint density at radius 2 is 1.96 bits per heavy atom. The van der Waals surface area contributed by atoms with Gasteiger partial charge in [-0.15, -0.1) is 0 Å². The zero-order valence-electron chi connectivity index (χ0n) is 16.3. The first-order valence-corrected chi connectivity index (χ1v) is 10.9. The summed E-state index contributed by atoms with van der Waals surface area (Å²) in [7, 11) is -2.34. The molecule has 8 heteroatoms. The van der Waals surface area contributed by atoms with Gasteiger partial charge in [-0.3, -0.25) is 4.79 Å². The number of rotatable bonds is 10. The molecule has 1 aliphatic rings. The SMILES string of the molecule is COc1ccc(C(=O)NCCCOC(C)C)cc1S(=O)(=O)NC1CCCC1. The monoisotopic (exact) mass is 398 g/mol. The minimum Gasteiger partial charge on any atom is -0.495 e. The third kappa shape index (κ3) is 6.48. The minimum atomic E-state index is -3.76. The van der Waals surface area contributed by atoms with Gasteiger partial charge in [-0.05, 0) is 51.3 Å². The van der Waals surface area contributed by atoms with Crippen LogP contribution < -0.4 is 14.8 Å². The summed E-state index contributed by atoms with van der Waals surface area (Å²) in [4.78, 5) is 12.4. The van der Waals surface area contributed by atoms with Crippen molar-refractivity contribution >= 4 is 15.9 Å². The number of carbonyl (C=O) groups excluding carboxylic acids is 1. The Kier molecular flexibility index (Phi) is 8.07. The molecule has 27 heavy (non-hydrogen) atoms. The predicted octanol–water partition coefficient (Wildman–Crippen LogP) is 2.46. The zero-order valence-corrected chi connectivity index (χ0v) is 17.1. The predicted molar refractivity (Wildman–Crippen MR) is 104 cm³/mol. The fourth-order valence-corrected chi connectivity index (χ4v) is 4.55. The van der Waals surface area contributed by atoms with Crippen molar-refractivity contribution in [3.05, 3.63) is 23.8 Å². The summed E-state index contributed by atoms with van der Waals surface area (Å²) in [5.41, 5.74) is 0.285. The summed E-state index contributed by atoms with van der Waals surface area (Å²) in [6.07, 6.45) is 4.55. The molecule has 0 heterocycles. The highest BCUT2D eigenvalue weighted by Gasteiger charge is 2.26. The van der Waals surface area contributed by atoms with Crippen LogP contribution in [-0.4, -0.2) is 46.7 Å². The largest absolute Gasteiger partial charge is 0.495 e. The van der Waals surface area contributed by atoms with Crippen molar-refractivity contribution < 1.29 is 22.7 Å². The second kappa shape index (κ2) is 10.1. The van der Waals surface area contributed by atoms with E-state index in [0.717, 1.165) is 25.7 Å². The molecular weight excluding hydrogens is 368 g/mol. The molecule has 152 valence electrons. The highest BCUT2D eigenvalue weighted by molar-refractivity contribution is 7.89. The Hall–Kier alpha value is -1.64. The van der Waals surface area contributed by atoms with Crippen LogP contribution in [0.4, 0.5) is 0 Å². The lowest BCUT2D eigenvalue weighted by molar-refractivity contribution is 0.0757. The summed E-state index contributed by atoms with van der Waals surface area (Å²) in [6, 6.07) is 4.39. The Morgan fingerprint density at radius 1 is 1.26 bits per heavy atom. The molecule has 0 aliphatic heterocycles. The smallest absolute Gasteiger partial charge is 0.251 e. The number of methoxy groups -OCH3 is 1. The quantitative estimate of drug-likeness (QED) is 0.591. The Balaban J connectivity index is 2.06. The van der Waals surface area contributed by atoms with Gasteiger partial charge in [0.2, 0.25) is 10.0 Å². The van der Waals surface area contributed by atoms with Crippen molar-refractivity contribution in [3.63, 3.8) is 0 Å². The second-order valence-corrected chi connectivity index (χ2v) is 8.68. The van der Waals surface area contributed by atoms with Crippen molar-refractivity contribution in [1.82, 2.24) is 10.0 Å². The van der Waals surface area contributed by atoms with Gasteiger partial charge in [0.1, 0.15) is 10.6 Å². The van der Waals surface area contributed by atoms with Crippen LogP contribution >= 0.6 is 0 Å². The van der Waals surface area contributed by atoms with Crippen LogP contribution in [0, 0.1) is 0 Å². The molecule has 1 amide bonds. The molecule has 1 saturated carbocycles. The zero-order chi connectivity index (χ0) is 19.9. The molecule has 1 aromatic rings. The van der Waals surface area contributed by atoms with Gasteiger partial charge in [-0.1, -0.05) is 12.8 Å². The summed E-state index contributed by atoms with van der Waals surface area (Å²) in [6.45, 7) is 4.93. The van der Waals surface area contributed by atoms with Crippen molar-refractivity contribution in [1.29, 1.82) is 0 Å². The van der Waals surface area contributed by atoms with Crippen molar-refractivity contribution in [3.8, 4) is 5.75 Å². The van der Waals surface area contributed by atoms with Gasteiger partial charge in [0, 0.05) is 24.8 Å². The average Bonchev–Trinajstić information content (AvgIpc) is 3.12. The maximum atomic E-state index is 12.8. The molecule has 0 unspecified atom stereocenters. The van der Waals surface area contributed by atoms with Crippen molar-refractivity contribution in [2.75, 3.05) is 20.3 Å². The highest BCUT2D eigenvalue weighted by atomic mass is 32.2. The van der Waals surface area contributed by atoms with Gasteiger partial charge in [-0.25, -0.2) is 13.1 Å². The lowest BCUT2D eigenvalue weighted by Gasteiger charge is -2.16. The molecule has 2 rings (SSSR count).